The van der Waals surface area contributed by atoms with Gasteiger partial charge >= 0.3 is 0 Å². The molecule has 0 aliphatic heterocycles. The first-order chi connectivity index (χ1) is 3.12. The van der Waals surface area contributed by atoms with Crippen LogP contribution in [0.2, 0.25) is 0 Å². The standard InChI is InChI=1S/C4H11OPS/c1-4-6(2,5)7-3/h4H2,1-3H3. The molecular weight excluding hydrogens is 127 g/mol. The Bertz CT molecular complexity index is 83.7. The molecule has 0 radical (unpaired) electrons. The molecule has 0 bridgehead atoms. The highest BCUT2D eigenvalue weighted by Crippen LogP contribution is 2.52. The molecule has 0 aliphatic carbocycles. The van der Waals surface area contributed by atoms with Crippen LogP contribution in [0.3, 0.4) is 0 Å². The predicted molar refractivity (Wildman–Crippen MR) is 37.6 cm³/mol. The van der Waals surface area contributed by atoms with Crippen molar-refractivity contribution in [2.24, 2.45) is 0 Å². The van der Waals surface area contributed by atoms with Gasteiger partial charge in [-0.2, -0.15) is 0 Å². The molecule has 3 heteroatoms. The molecule has 0 aromatic carbocycles. The molecule has 0 saturated carbocycles. The second-order valence-electron chi connectivity index (χ2n) is 1.51. The van der Waals surface area contributed by atoms with Crippen LogP contribution in [0.25, 0.3) is 0 Å². The number of hydrogen-bond acceptors (Lipinski definition) is 2. The van der Waals surface area contributed by atoms with E-state index in [0.29, 0.717) is 0 Å². The summed E-state index contributed by atoms with van der Waals surface area (Å²) in [5.74, 6) is 0. The van der Waals surface area contributed by atoms with Crippen molar-refractivity contribution >= 4 is 17.7 Å². The van der Waals surface area contributed by atoms with Crippen LogP contribution in [0.15, 0.2) is 0 Å². The first kappa shape index (κ1) is 7.58. The Balaban J connectivity index is 3.61. The summed E-state index contributed by atoms with van der Waals surface area (Å²) in [7, 11) is 0. The SMILES string of the molecule is CCP(C)(=O)SC. The largest absolute Gasteiger partial charge is 0.312 e. The van der Waals surface area contributed by atoms with Crippen molar-refractivity contribution in [3.05, 3.63) is 0 Å². The Morgan fingerprint density at radius 1 is 1.71 bits per heavy atom. The van der Waals surface area contributed by atoms with Gasteiger partial charge in [-0.1, -0.05) is 6.92 Å². The first-order valence-electron chi connectivity index (χ1n) is 2.24. The molecule has 0 N–H and O–H groups in total. The average Bonchev–Trinajstić information content (AvgIpc) is 1.68. The van der Waals surface area contributed by atoms with Crippen molar-refractivity contribution in [2.75, 3.05) is 19.1 Å². The molecule has 0 rings (SSSR count). The molecule has 0 saturated heterocycles. The van der Waals surface area contributed by atoms with Crippen LogP contribution >= 0.6 is 17.7 Å². The van der Waals surface area contributed by atoms with Crippen molar-refractivity contribution < 1.29 is 4.57 Å². The van der Waals surface area contributed by atoms with E-state index in [-0.39, 0.29) is 0 Å². The molecule has 0 aliphatic rings. The Kier molecular flexibility index (Phi) is 3.01. The molecule has 1 unspecified atom stereocenters. The van der Waals surface area contributed by atoms with Crippen molar-refractivity contribution in [3.63, 3.8) is 0 Å². The van der Waals surface area contributed by atoms with Gasteiger partial charge in [-0.25, -0.2) is 0 Å². The molecule has 0 aromatic rings. The van der Waals surface area contributed by atoms with Gasteiger partial charge in [0.25, 0.3) is 0 Å². The van der Waals surface area contributed by atoms with E-state index in [1.54, 1.807) is 0 Å². The highest BCUT2D eigenvalue weighted by molar-refractivity contribution is 8.57. The summed E-state index contributed by atoms with van der Waals surface area (Å²) in [5.41, 5.74) is 0. The van der Waals surface area contributed by atoms with Gasteiger partial charge in [0.15, 0.2) is 0 Å². The fourth-order valence-corrected chi connectivity index (χ4v) is 1.16. The lowest BCUT2D eigenvalue weighted by Gasteiger charge is -2.02. The van der Waals surface area contributed by atoms with E-state index < -0.39 is 6.34 Å². The van der Waals surface area contributed by atoms with Crippen molar-refractivity contribution in [3.8, 4) is 0 Å². The quantitative estimate of drug-likeness (QED) is 0.544. The van der Waals surface area contributed by atoms with Crippen LogP contribution in [-0.4, -0.2) is 19.1 Å². The van der Waals surface area contributed by atoms with E-state index in [0.717, 1.165) is 6.16 Å². The Labute approximate surface area is 49.0 Å². The maximum atomic E-state index is 10.9. The normalized spacial score (nSPS) is 18.7. The topological polar surface area (TPSA) is 17.1 Å². The second-order valence-corrected chi connectivity index (χ2v) is 7.95. The van der Waals surface area contributed by atoms with Crippen LogP contribution in [0.4, 0.5) is 0 Å². The zero-order valence-corrected chi connectivity index (χ0v) is 6.68. The van der Waals surface area contributed by atoms with Gasteiger partial charge in [-0.05, 0) is 12.9 Å². The van der Waals surface area contributed by atoms with E-state index in [1.165, 1.54) is 11.4 Å². The van der Waals surface area contributed by atoms with Crippen molar-refractivity contribution in [2.45, 2.75) is 6.92 Å². The van der Waals surface area contributed by atoms with Gasteiger partial charge in [0.05, 0.1) is 0 Å². The maximum absolute atomic E-state index is 10.9. The van der Waals surface area contributed by atoms with Crippen LogP contribution < -0.4 is 0 Å². The van der Waals surface area contributed by atoms with E-state index >= 15 is 0 Å². The fraction of sp³-hybridized carbons (Fsp3) is 1.00. The van der Waals surface area contributed by atoms with E-state index in [9.17, 15) is 4.57 Å². The van der Waals surface area contributed by atoms with E-state index in [1.807, 2.05) is 19.8 Å². The number of hydrogen-bond donors (Lipinski definition) is 0. The van der Waals surface area contributed by atoms with Gasteiger partial charge in [-0.15, -0.1) is 11.4 Å². The third kappa shape index (κ3) is 3.19. The summed E-state index contributed by atoms with van der Waals surface area (Å²) in [5, 5.41) is 0. The third-order valence-corrected chi connectivity index (χ3v) is 5.97. The fourth-order valence-electron chi connectivity index (χ4n) is 0.129. The van der Waals surface area contributed by atoms with Gasteiger partial charge in [0, 0.05) is 6.16 Å². The van der Waals surface area contributed by atoms with Gasteiger partial charge < -0.3 is 4.57 Å². The lowest BCUT2D eigenvalue weighted by Crippen LogP contribution is -1.72. The molecule has 0 amide bonds. The molecule has 0 fully saturated rings. The summed E-state index contributed by atoms with van der Waals surface area (Å²) >= 11 is 1.48. The molecule has 0 heterocycles. The Morgan fingerprint density at radius 2 is 2.14 bits per heavy atom. The summed E-state index contributed by atoms with van der Waals surface area (Å²) in [4.78, 5) is 0. The molecule has 0 spiro atoms. The average molecular weight is 138 g/mol. The second kappa shape index (κ2) is 2.78. The Morgan fingerprint density at radius 3 is 2.14 bits per heavy atom. The minimum Gasteiger partial charge on any atom is -0.312 e. The first-order valence-corrected chi connectivity index (χ1v) is 6.41. The van der Waals surface area contributed by atoms with Crippen molar-refractivity contribution in [1.29, 1.82) is 0 Å². The molecule has 1 atom stereocenters. The molecule has 1 nitrogen and oxygen atoms in total. The van der Waals surface area contributed by atoms with Crippen LogP contribution in [0.1, 0.15) is 6.92 Å². The molecule has 7 heavy (non-hydrogen) atoms. The smallest absolute Gasteiger partial charge is 0.135 e. The van der Waals surface area contributed by atoms with Gasteiger partial charge in [0.2, 0.25) is 0 Å². The minimum absolute atomic E-state index is 0.814. The molecule has 44 valence electrons. The zero-order chi connectivity index (χ0) is 5.91. The maximum Gasteiger partial charge on any atom is 0.135 e. The summed E-state index contributed by atoms with van der Waals surface area (Å²) in [6.07, 6.45) is 0.969. The van der Waals surface area contributed by atoms with Gasteiger partial charge in [0.1, 0.15) is 6.34 Å². The van der Waals surface area contributed by atoms with Crippen LogP contribution in [-0.2, 0) is 4.57 Å². The predicted octanol–water partition coefficient (Wildman–Crippen LogP) is 2.28. The molecule has 0 aromatic heterocycles. The highest BCUT2D eigenvalue weighted by atomic mass is 32.7. The van der Waals surface area contributed by atoms with Crippen molar-refractivity contribution in [1.82, 2.24) is 0 Å². The highest BCUT2D eigenvalue weighted by Gasteiger charge is 2.06. The lowest BCUT2D eigenvalue weighted by molar-refractivity contribution is 0.589. The zero-order valence-electron chi connectivity index (χ0n) is 4.97. The number of rotatable bonds is 2. The monoisotopic (exact) mass is 138 g/mol. The molecular formula is C4H11OPS. The van der Waals surface area contributed by atoms with Gasteiger partial charge in [-0.3, -0.25) is 0 Å². The third-order valence-electron chi connectivity index (χ3n) is 0.961. The van der Waals surface area contributed by atoms with E-state index in [4.69, 9.17) is 0 Å². The van der Waals surface area contributed by atoms with Crippen LogP contribution in [0.5, 0.6) is 0 Å². The minimum atomic E-state index is -1.74. The summed E-state index contributed by atoms with van der Waals surface area (Å²) in [6, 6.07) is 0. The summed E-state index contributed by atoms with van der Waals surface area (Å²) < 4.78 is 10.9. The lowest BCUT2D eigenvalue weighted by atomic mass is 11.0. The Hall–Kier alpha value is 0.580. The van der Waals surface area contributed by atoms with Crippen LogP contribution in [0, 0.1) is 0 Å². The summed E-state index contributed by atoms with van der Waals surface area (Å²) in [6.45, 7) is 3.77. The van der Waals surface area contributed by atoms with E-state index in [2.05, 4.69) is 0 Å².